The maximum absolute atomic E-state index is 10.6. The van der Waals surface area contributed by atoms with E-state index in [2.05, 4.69) is 0 Å². The van der Waals surface area contributed by atoms with Gasteiger partial charge in [0.05, 0.1) is 13.5 Å². The van der Waals surface area contributed by atoms with E-state index < -0.39 is 5.97 Å². The minimum atomic E-state index is -0.838. The maximum atomic E-state index is 10.6. The van der Waals surface area contributed by atoms with Crippen molar-refractivity contribution in [2.45, 2.75) is 6.42 Å². The van der Waals surface area contributed by atoms with Crippen molar-refractivity contribution in [3.8, 4) is 5.75 Å². The maximum Gasteiger partial charge on any atom is 0.307 e. The number of hydrogen-bond donors (Lipinski definition) is 1. The molecule has 0 aromatic heterocycles. The van der Waals surface area contributed by atoms with Crippen molar-refractivity contribution in [1.82, 2.24) is 0 Å². The summed E-state index contributed by atoms with van der Waals surface area (Å²) in [5, 5.41) is 8.68. The third-order valence-corrected chi connectivity index (χ3v) is 3.18. The Morgan fingerprint density at radius 2 is 1.68 bits per heavy atom. The molecule has 0 fully saturated rings. The standard InChI is InChI=1S/C19H18O3/c1-22-17-13-11-16(12-14-17)18(9-5-6-10-19(20)21)15-7-3-2-4-8-15/h2-9,11-14H,10H2,1H3,(H,20,21)/b6-5+,18-9-. The van der Waals surface area contributed by atoms with E-state index in [0.29, 0.717) is 0 Å². The molecule has 0 saturated carbocycles. The molecule has 3 heteroatoms. The van der Waals surface area contributed by atoms with Gasteiger partial charge in [0.25, 0.3) is 0 Å². The van der Waals surface area contributed by atoms with Crippen LogP contribution >= 0.6 is 0 Å². The molecule has 0 heterocycles. The van der Waals surface area contributed by atoms with Crippen LogP contribution < -0.4 is 4.74 Å². The summed E-state index contributed by atoms with van der Waals surface area (Å²) in [6.07, 6.45) is 5.36. The smallest absolute Gasteiger partial charge is 0.307 e. The SMILES string of the molecule is COc1ccc(/C(=C\C=C\CC(=O)O)c2ccccc2)cc1. The lowest BCUT2D eigenvalue weighted by Crippen LogP contribution is -1.90. The van der Waals surface area contributed by atoms with E-state index in [9.17, 15) is 4.79 Å². The molecular weight excluding hydrogens is 276 g/mol. The zero-order valence-electron chi connectivity index (χ0n) is 12.4. The Morgan fingerprint density at radius 1 is 1.05 bits per heavy atom. The van der Waals surface area contributed by atoms with E-state index in [1.54, 1.807) is 19.3 Å². The Morgan fingerprint density at radius 3 is 2.27 bits per heavy atom. The van der Waals surface area contributed by atoms with Crippen LogP contribution in [-0.4, -0.2) is 18.2 Å². The molecule has 2 rings (SSSR count). The van der Waals surface area contributed by atoms with E-state index in [4.69, 9.17) is 9.84 Å². The Labute approximate surface area is 130 Å². The fourth-order valence-electron chi connectivity index (χ4n) is 2.08. The average Bonchev–Trinajstić information content (AvgIpc) is 2.56. The van der Waals surface area contributed by atoms with Crippen molar-refractivity contribution in [3.05, 3.63) is 84.0 Å². The molecule has 0 radical (unpaired) electrons. The highest BCUT2D eigenvalue weighted by molar-refractivity contribution is 5.81. The Hall–Kier alpha value is -2.81. The number of carboxylic acids is 1. The van der Waals surface area contributed by atoms with Crippen molar-refractivity contribution in [3.63, 3.8) is 0 Å². The molecule has 0 atom stereocenters. The second-order valence-corrected chi connectivity index (χ2v) is 4.70. The molecule has 1 N–H and O–H groups in total. The van der Waals surface area contributed by atoms with Gasteiger partial charge in [0.2, 0.25) is 0 Å². The van der Waals surface area contributed by atoms with Crippen molar-refractivity contribution in [1.29, 1.82) is 0 Å². The highest BCUT2D eigenvalue weighted by Crippen LogP contribution is 2.25. The van der Waals surface area contributed by atoms with Gasteiger partial charge in [-0.15, -0.1) is 0 Å². The van der Waals surface area contributed by atoms with Gasteiger partial charge >= 0.3 is 5.97 Å². The van der Waals surface area contributed by atoms with Gasteiger partial charge < -0.3 is 9.84 Å². The number of hydrogen-bond acceptors (Lipinski definition) is 2. The van der Waals surface area contributed by atoms with Crippen LogP contribution in [0.25, 0.3) is 5.57 Å². The predicted molar refractivity (Wildman–Crippen MR) is 87.9 cm³/mol. The van der Waals surface area contributed by atoms with Crippen LogP contribution in [0, 0.1) is 0 Å². The van der Waals surface area contributed by atoms with E-state index in [-0.39, 0.29) is 6.42 Å². The number of rotatable bonds is 6. The Bertz CT molecular complexity index is 668. The van der Waals surface area contributed by atoms with Crippen molar-refractivity contribution >= 4 is 11.5 Å². The number of carbonyl (C=O) groups is 1. The van der Waals surface area contributed by atoms with Gasteiger partial charge in [-0.2, -0.15) is 0 Å². The first-order valence-corrected chi connectivity index (χ1v) is 6.99. The first-order chi connectivity index (χ1) is 10.7. The van der Waals surface area contributed by atoms with Crippen LogP contribution in [0.4, 0.5) is 0 Å². The van der Waals surface area contributed by atoms with Crippen LogP contribution in [0.5, 0.6) is 5.75 Å². The molecule has 2 aromatic rings. The highest BCUT2D eigenvalue weighted by Gasteiger charge is 2.04. The van der Waals surface area contributed by atoms with Crippen molar-refractivity contribution < 1.29 is 14.6 Å². The van der Waals surface area contributed by atoms with Crippen LogP contribution in [0.1, 0.15) is 17.5 Å². The van der Waals surface area contributed by atoms with E-state index in [1.165, 1.54) is 0 Å². The van der Waals surface area contributed by atoms with Gasteiger partial charge in [-0.3, -0.25) is 4.79 Å². The van der Waals surface area contributed by atoms with Crippen LogP contribution in [-0.2, 0) is 4.79 Å². The first kappa shape index (κ1) is 15.6. The largest absolute Gasteiger partial charge is 0.497 e. The van der Waals surface area contributed by atoms with Gasteiger partial charge in [0, 0.05) is 0 Å². The summed E-state index contributed by atoms with van der Waals surface area (Å²) in [5.74, 6) is -0.0343. The molecule has 22 heavy (non-hydrogen) atoms. The van der Waals surface area contributed by atoms with E-state index in [0.717, 1.165) is 22.4 Å². The fourth-order valence-corrected chi connectivity index (χ4v) is 2.08. The van der Waals surface area contributed by atoms with Gasteiger partial charge in [0.1, 0.15) is 5.75 Å². The lowest BCUT2D eigenvalue weighted by molar-refractivity contribution is -0.136. The molecule has 0 amide bonds. The van der Waals surface area contributed by atoms with Crippen LogP contribution in [0.3, 0.4) is 0 Å². The lowest BCUT2D eigenvalue weighted by Gasteiger charge is -2.08. The Balaban J connectivity index is 2.34. The molecule has 0 aliphatic heterocycles. The van der Waals surface area contributed by atoms with E-state index >= 15 is 0 Å². The zero-order chi connectivity index (χ0) is 15.8. The molecule has 112 valence electrons. The zero-order valence-corrected chi connectivity index (χ0v) is 12.4. The summed E-state index contributed by atoms with van der Waals surface area (Å²) in [5.41, 5.74) is 3.16. The monoisotopic (exact) mass is 294 g/mol. The third-order valence-electron chi connectivity index (χ3n) is 3.18. The lowest BCUT2D eigenvalue weighted by atomic mass is 9.97. The molecule has 2 aromatic carbocycles. The summed E-state index contributed by atoms with van der Waals surface area (Å²) in [6.45, 7) is 0. The van der Waals surface area contributed by atoms with Gasteiger partial charge in [-0.05, 0) is 28.8 Å². The third kappa shape index (κ3) is 4.35. The van der Waals surface area contributed by atoms with Gasteiger partial charge in [-0.1, -0.05) is 60.7 Å². The van der Waals surface area contributed by atoms with Crippen LogP contribution in [0.15, 0.2) is 72.8 Å². The second kappa shape index (κ2) is 7.84. The fraction of sp³-hybridized carbons (Fsp3) is 0.105. The number of methoxy groups -OCH3 is 1. The quantitative estimate of drug-likeness (QED) is 0.814. The molecular formula is C19H18O3. The number of ether oxygens (including phenoxy) is 1. The number of allylic oxidation sites excluding steroid dienone is 2. The number of aliphatic carboxylic acids is 1. The highest BCUT2D eigenvalue weighted by atomic mass is 16.5. The average molecular weight is 294 g/mol. The van der Waals surface area contributed by atoms with Crippen molar-refractivity contribution in [2.24, 2.45) is 0 Å². The molecule has 3 nitrogen and oxygen atoms in total. The van der Waals surface area contributed by atoms with Crippen molar-refractivity contribution in [2.75, 3.05) is 7.11 Å². The molecule has 0 unspecified atom stereocenters. The molecule has 0 saturated heterocycles. The molecule has 0 aliphatic carbocycles. The van der Waals surface area contributed by atoms with Gasteiger partial charge in [-0.25, -0.2) is 0 Å². The molecule has 0 bridgehead atoms. The Kier molecular flexibility index (Phi) is 5.55. The first-order valence-electron chi connectivity index (χ1n) is 6.99. The topological polar surface area (TPSA) is 46.5 Å². The molecule has 0 spiro atoms. The van der Waals surface area contributed by atoms with Gasteiger partial charge in [0.15, 0.2) is 0 Å². The van der Waals surface area contributed by atoms with Crippen LogP contribution in [0.2, 0.25) is 0 Å². The summed E-state index contributed by atoms with van der Waals surface area (Å²) >= 11 is 0. The summed E-state index contributed by atoms with van der Waals surface area (Å²) in [6, 6.07) is 17.8. The summed E-state index contributed by atoms with van der Waals surface area (Å²) < 4.78 is 5.18. The predicted octanol–water partition coefficient (Wildman–Crippen LogP) is 4.16. The minimum Gasteiger partial charge on any atom is -0.497 e. The van der Waals surface area contributed by atoms with E-state index in [1.807, 2.05) is 60.7 Å². The molecule has 0 aliphatic rings. The normalized spacial score (nSPS) is 11.6. The minimum absolute atomic E-state index is 0.0151. The summed E-state index contributed by atoms with van der Waals surface area (Å²) in [7, 11) is 1.64. The number of benzene rings is 2. The second-order valence-electron chi connectivity index (χ2n) is 4.70. The summed E-state index contributed by atoms with van der Waals surface area (Å²) in [4.78, 5) is 10.6. The number of carboxylic acid groups (broad SMARTS) is 1.